The first-order valence-corrected chi connectivity index (χ1v) is 9.57. The fourth-order valence-corrected chi connectivity index (χ4v) is 3.44. The van der Waals surface area contributed by atoms with Gasteiger partial charge >= 0.3 is 0 Å². The van der Waals surface area contributed by atoms with E-state index in [1.165, 1.54) is 0 Å². The molecule has 0 spiro atoms. The van der Waals surface area contributed by atoms with Gasteiger partial charge in [0.1, 0.15) is 0 Å². The quantitative estimate of drug-likeness (QED) is 0.785. The van der Waals surface area contributed by atoms with Crippen molar-refractivity contribution >= 4 is 23.4 Å². The molecule has 0 radical (unpaired) electrons. The molecule has 0 saturated carbocycles. The number of H-pyrrole nitrogens is 1. The summed E-state index contributed by atoms with van der Waals surface area (Å²) in [5.41, 5.74) is 2.04. The van der Waals surface area contributed by atoms with Crippen LogP contribution in [0.15, 0.2) is 12.4 Å². The Kier molecular flexibility index (Phi) is 6.15. The Morgan fingerprint density at radius 3 is 2.89 bits per heavy atom. The van der Waals surface area contributed by atoms with E-state index in [4.69, 9.17) is 11.6 Å². The number of hydrogen-bond donors (Lipinski definition) is 2. The fraction of sp³-hybridized carbons (Fsp3) is 0.556. The van der Waals surface area contributed by atoms with E-state index in [9.17, 15) is 9.59 Å². The largest absolute Gasteiger partial charge is 0.356 e. The molecule has 1 atom stereocenters. The number of carbonyl (C=O) groups is 2. The predicted molar refractivity (Wildman–Crippen MR) is 102 cm³/mol. The monoisotopic (exact) mass is 392 g/mol. The van der Waals surface area contributed by atoms with Crippen LogP contribution in [0.5, 0.6) is 0 Å². The maximum Gasteiger partial charge on any atom is 0.275 e. The zero-order chi connectivity index (χ0) is 19.4. The number of nitrogens with zero attached hydrogens (tertiary/aromatic N) is 4. The average molecular weight is 393 g/mol. The number of halogens is 1. The van der Waals surface area contributed by atoms with Crippen LogP contribution in [-0.2, 0) is 11.3 Å². The molecule has 2 aromatic rings. The highest BCUT2D eigenvalue weighted by molar-refractivity contribution is 6.34. The normalized spacial score (nSPS) is 17.1. The van der Waals surface area contributed by atoms with Gasteiger partial charge in [-0.3, -0.25) is 19.4 Å². The van der Waals surface area contributed by atoms with Crippen molar-refractivity contribution in [3.63, 3.8) is 0 Å². The Balaban J connectivity index is 1.46. The summed E-state index contributed by atoms with van der Waals surface area (Å²) in [5.74, 6) is 0.0735. The predicted octanol–water partition coefficient (Wildman–Crippen LogP) is 1.94. The number of amides is 2. The van der Waals surface area contributed by atoms with Crippen LogP contribution in [0.25, 0.3) is 0 Å². The molecule has 9 heteroatoms. The lowest BCUT2D eigenvalue weighted by molar-refractivity contribution is -0.121. The van der Waals surface area contributed by atoms with Gasteiger partial charge in [0, 0.05) is 38.8 Å². The molecule has 1 aliphatic heterocycles. The molecule has 1 unspecified atom stereocenters. The summed E-state index contributed by atoms with van der Waals surface area (Å²) in [6.45, 7) is 6.16. The van der Waals surface area contributed by atoms with E-state index in [-0.39, 0.29) is 23.4 Å². The number of aryl methyl sites for hydroxylation is 3. The molecule has 1 saturated heterocycles. The average Bonchev–Trinajstić information content (AvgIpc) is 3.23. The van der Waals surface area contributed by atoms with Crippen molar-refractivity contribution < 1.29 is 9.59 Å². The van der Waals surface area contributed by atoms with E-state index in [1.807, 2.05) is 13.1 Å². The highest BCUT2D eigenvalue weighted by atomic mass is 35.5. The van der Waals surface area contributed by atoms with Crippen molar-refractivity contribution in [3.8, 4) is 0 Å². The SMILES string of the molecule is Cc1cnn(CCC(=O)NCC2CCCN(C(=O)c3n[nH]c(C)c3Cl)C2)c1. The molecule has 1 fully saturated rings. The third kappa shape index (κ3) is 4.88. The van der Waals surface area contributed by atoms with Crippen LogP contribution in [0.2, 0.25) is 5.02 Å². The van der Waals surface area contributed by atoms with Crippen LogP contribution in [0, 0.1) is 19.8 Å². The molecule has 1 aliphatic rings. The first-order valence-electron chi connectivity index (χ1n) is 9.19. The van der Waals surface area contributed by atoms with Gasteiger partial charge in [-0.05, 0) is 38.2 Å². The summed E-state index contributed by atoms with van der Waals surface area (Å²) >= 11 is 6.14. The lowest BCUT2D eigenvalue weighted by atomic mass is 9.97. The first-order chi connectivity index (χ1) is 12.9. The van der Waals surface area contributed by atoms with Gasteiger partial charge in [0.05, 0.1) is 16.9 Å². The molecular weight excluding hydrogens is 368 g/mol. The van der Waals surface area contributed by atoms with Gasteiger partial charge < -0.3 is 10.2 Å². The molecular formula is C18H25ClN6O2. The molecule has 0 aliphatic carbocycles. The Labute approximate surface area is 163 Å². The van der Waals surface area contributed by atoms with Gasteiger partial charge in [0.25, 0.3) is 5.91 Å². The van der Waals surface area contributed by atoms with E-state index < -0.39 is 0 Å². The second kappa shape index (κ2) is 8.56. The summed E-state index contributed by atoms with van der Waals surface area (Å²) in [4.78, 5) is 26.5. The van der Waals surface area contributed by atoms with Crippen molar-refractivity contribution in [2.75, 3.05) is 19.6 Å². The van der Waals surface area contributed by atoms with E-state index in [0.717, 1.165) is 18.4 Å². The summed E-state index contributed by atoms with van der Waals surface area (Å²) in [7, 11) is 0. The number of likely N-dealkylation sites (tertiary alicyclic amines) is 1. The van der Waals surface area contributed by atoms with Crippen LogP contribution in [-0.4, -0.2) is 56.3 Å². The summed E-state index contributed by atoms with van der Waals surface area (Å²) in [6, 6.07) is 0. The highest BCUT2D eigenvalue weighted by Gasteiger charge is 2.28. The Bertz CT molecular complexity index is 815. The number of aromatic nitrogens is 4. The molecule has 3 heterocycles. The molecule has 146 valence electrons. The van der Waals surface area contributed by atoms with Gasteiger partial charge in [-0.15, -0.1) is 0 Å². The fourth-order valence-electron chi connectivity index (χ4n) is 3.28. The molecule has 0 aromatic carbocycles. The Morgan fingerprint density at radius 1 is 1.41 bits per heavy atom. The molecule has 2 aromatic heterocycles. The topological polar surface area (TPSA) is 95.9 Å². The van der Waals surface area contributed by atoms with Crippen LogP contribution >= 0.6 is 11.6 Å². The molecule has 2 N–H and O–H groups in total. The Morgan fingerprint density at radius 2 is 2.22 bits per heavy atom. The second-order valence-corrected chi connectivity index (χ2v) is 7.48. The van der Waals surface area contributed by atoms with Crippen molar-refractivity contribution in [2.45, 2.75) is 39.7 Å². The molecule has 3 rings (SSSR count). The van der Waals surface area contributed by atoms with Crippen LogP contribution in [0.3, 0.4) is 0 Å². The van der Waals surface area contributed by atoms with E-state index in [2.05, 4.69) is 20.6 Å². The number of aromatic amines is 1. The van der Waals surface area contributed by atoms with Gasteiger partial charge in [0.15, 0.2) is 5.69 Å². The number of piperidine rings is 1. The van der Waals surface area contributed by atoms with Crippen molar-refractivity contribution in [1.29, 1.82) is 0 Å². The maximum atomic E-state index is 12.6. The van der Waals surface area contributed by atoms with E-state index in [0.29, 0.717) is 43.3 Å². The van der Waals surface area contributed by atoms with Gasteiger partial charge in [-0.25, -0.2) is 0 Å². The van der Waals surface area contributed by atoms with Crippen LogP contribution < -0.4 is 5.32 Å². The minimum absolute atomic E-state index is 0.00225. The number of hydrogen-bond acceptors (Lipinski definition) is 4. The second-order valence-electron chi connectivity index (χ2n) is 7.11. The number of carbonyl (C=O) groups excluding carboxylic acids is 2. The number of nitrogens with one attached hydrogen (secondary N) is 2. The minimum Gasteiger partial charge on any atom is -0.356 e. The Hall–Kier alpha value is -2.35. The zero-order valence-electron chi connectivity index (χ0n) is 15.7. The summed E-state index contributed by atoms with van der Waals surface area (Å²) < 4.78 is 1.77. The number of rotatable bonds is 6. The lowest BCUT2D eigenvalue weighted by Gasteiger charge is -2.32. The van der Waals surface area contributed by atoms with Gasteiger partial charge in [-0.1, -0.05) is 11.6 Å². The van der Waals surface area contributed by atoms with E-state index >= 15 is 0 Å². The molecule has 0 bridgehead atoms. The highest BCUT2D eigenvalue weighted by Crippen LogP contribution is 2.22. The first kappa shape index (κ1) is 19.4. The summed E-state index contributed by atoms with van der Waals surface area (Å²) in [6.07, 6.45) is 5.96. The lowest BCUT2D eigenvalue weighted by Crippen LogP contribution is -2.44. The van der Waals surface area contributed by atoms with Crippen LogP contribution in [0.1, 0.15) is 41.0 Å². The van der Waals surface area contributed by atoms with Crippen molar-refractivity contribution in [1.82, 2.24) is 30.2 Å². The molecule has 2 amide bonds. The van der Waals surface area contributed by atoms with E-state index in [1.54, 1.807) is 22.7 Å². The standard InChI is InChI=1S/C18H25ClN6O2/c1-12-8-21-25(10-12)7-5-15(26)20-9-14-4-3-6-24(11-14)18(27)17-16(19)13(2)22-23-17/h8,10,14H,3-7,9,11H2,1-2H3,(H,20,26)(H,22,23). The third-order valence-electron chi connectivity index (χ3n) is 4.80. The zero-order valence-corrected chi connectivity index (χ0v) is 16.4. The smallest absolute Gasteiger partial charge is 0.275 e. The van der Waals surface area contributed by atoms with Crippen molar-refractivity contribution in [3.05, 3.63) is 34.4 Å². The summed E-state index contributed by atoms with van der Waals surface area (Å²) in [5, 5.41) is 14.3. The van der Waals surface area contributed by atoms with Gasteiger partial charge in [-0.2, -0.15) is 10.2 Å². The van der Waals surface area contributed by atoms with Gasteiger partial charge in [0.2, 0.25) is 5.91 Å². The minimum atomic E-state index is -0.158. The molecule has 27 heavy (non-hydrogen) atoms. The third-order valence-corrected chi connectivity index (χ3v) is 5.26. The molecule has 8 nitrogen and oxygen atoms in total. The maximum absolute atomic E-state index is 12.6. The van der Waals surface area contributed by atoms with Crippen LogP contribution in [0.4, 0.5) is 0 Å². The van der Waals surface area contributed by atoms with Crippen molar-refractivity contribution in [2.24, 2.45) is 5.92 Å².